The van der Waals surface area contributed by atoms with Crippen molar-refractivity contribution in [3.05, 3.63) is 72.9 Å². The summed E-state index contributed by atoms with van der Waals surface area (Å²) in [5.74, 6) is -0.967. The molecular weight excluding hydrogens is 781 g/mol. The maximum Gasteiger partial charge on any atom is 0.472 e. The van der Waals surface area contributed by atoms with Gasteiger partial charge in [-0.25, -0.2) is 4.57 Å². The van der Waals surface area contributed by atoms with Gasteiger partial charge in [0.05, 0.1) is 40.0 Å². The number of hydrogen-bond donors (Lipinski definition) is 3. The van der Waals surface area contributed by atoms with E-state index >= 15 is 0 Å². The van der Waals surface area contributed by atoms with Crippen molar-refractivity contribution in [3.8, 4) is 0 Å². The summed E-state index contributed by atoms with van der Waals surface area (Å²) >= 11 is 0. The van der Waals surface area contributed by atoms with Crippen molar-refractivity contribution in [1.29, 1.82) is 0 Å². The first-order chi connectivity index (χ1) is 28.8. The fraction of sp³-hybridized carbons (Fsp3) is 0.708. The molecule has 0 aliphatic heterocycles. The van der Waals surface area contributed by atoms with Crippen LogP contribution < -0.4 is 0 Å². The van der Waals surface area contributed by atoms with Crippen molar-refractivity contribution >= 4 is 19.8 Å². The second-order valence-corrected chi connectivity index (χ2v) is 17.9. The number of unbranched alkanes of at least 4 members (excludes halogenated alkanes) is 14. The zero-order chi connectivity index (χ0) is 44.6. The molecule has 0 spiro atoms. The Balaban J connectivity index is 4.57. The molecule has 0 fully saturated rings. The Labute approximate surface area is 364 Å². The molecule has 0 amide bonds. The molecule has 0 aromatic carbocycles. The number of aliphatic hydroxyl groups is 2. The number of phosphoric acid groups is 1. The molecule has 0 bridgehead atoms. The molecular formula is C48H85NO10P+. The highest BCUT2D eigenvalue weighted by molar-refractivity contribution is 7.47. The first kappa shape index (κ1) is 57.4. The van der Waals surface area contributed by atoms with Crippen LogP contribution in [0.25, 0.3) is 0 Å². The summed E-state index contributed by atoms with van der Waals surface area (Å²) in [7, 11) is 1.37. The number of quaternary nitrogens is 1. The molecule has 0 aliphatic carbocycles. The standard InChI is InChI=1S/C48H84NO10P/c1-6-8-10-11-12-13-14-15-16-17-18-19-20-25-33-39-48(53)59-46(43-58-60(54,55)57-41-40-49(3,4)5)42-56-47(52)38-32-24-22-21-23-29-35-45(51)37-31-27-26-30-36-44(50)34-28-9-7-2/h9,22-24,26-31,36-37,44-46,50-51H,6-8,10-21,25,32-35,38-43H2,1-5H3/p+1/b24-22-,27-26-,28-9-,29-23-,36-30+,37-31+/t44-,45+,46-/m1/s1. The van der Waals surface area contributed by atoms with Crippen LogP contribution in [0.1, 0.15) is 155 Å². The number of aliphatic hydroxyl groups excluding tert-OH is 2. The van der Waals surface area contributed by atoms with Crippen molar-refractivity contribution in [1.82, 2.24) is 0 Å². The quantitative estimate of drug-likeness (QED) is 0.0136. The summed E-state index contributed by atoms with van der Waals surface area (Å²) in [6.45, 7) is 4.02. The summed E-state index contributed by atoms with van der Waals surface area (Å²) in [4.78, 5) is 35.4. The van der Waals surface area contributed by atoms with Gasteiger partial charge < -0.3 is 29.1 Å². The summed E-state index contributed by atoms with van der Waals surface area (Å²) in [6, 6.07) is 0. The summed E-state index contributed by atoms with van der Waals surface area (Å²) in [5, 5.41) is 20.0. The van der Waals surface area contributed by atoms with Crippen LogP contribution in [0.2, 0.25) is 0 Å². The molecule has 0 saturated carbocycles. The molecule has 4 atom stereocenters. The van der Waals surface area contributed by atoms with Crippen LogP contribution in [-0.4, -0.2) is 97.3 Å². The van der Waals surface area contributed by atoms with E-state index in [0.717, 1.165) is 25.7 Å². The fourth-order valence-electron chi connectivity index (χ4n) is 5.80. The third-order valence-electron chi connectivity index (χ3n) is 9.43. The van der Waals surface area contributed by atoms with Crippen molar-refractivity contribution in [2.24, 2.45) is 0 Å². The van der Waals surface area contributed by atoms with Gasteiger partial charge in [-0.1, -0.05) is 177 Å². The lowest BCUT2D eigenvalue weighted by atomic mass is 10.0. The minimum absolute atomic E-state index is 0.000169. The van der Waals surface area contributed by atoms with Crippen LogP contribution in [0.3, 0.4) is 0 Å². The van der Waals surface area contributed by atoms with Gasteiger partial charge in [0, 0.05) is 12.8 Å². The molecule has 3 N–H and O–H groups in total. The third-order valence-corrected chi connectivity index (χ3v) is 10.4. The van der Waals surface area contributed by atoms with Crippen LogP contribution in [0.4, 0.5) is 0 Å². The highest BCUT2D eigenvalue weighted by atomic mass is 31.2. The lowest BCUT2D eigenvalue weighted by Gasteiger charge is -2.24. The van der Waals surface area contributed by atoms with Gasteiger partial charge in [-0.05, 0) is 38.5 Å². The van der Waals surface area contributed by atoms with Gasteiger partial charge in [-0.15, -0.1) is 0 Å². The number of rotatable bonds is 40. The second kappa shape index (κ2) is 39.2. The lowest BCUT2D eigenvalue weighted by molar-refractivity contribution is -0.870. The van der Waals surface area contributed by atoms with E-state index in [1.807, 2.05) is 57.6 Å². The van der Waals surface area contributed by atoms with E-state index < -0.39 is 44.7 Å². The highest BCUT2D eigenvalue weighted by Gasteiger charge is 2.27. The summed E-state index contributed by atoms with van der Waals surface area (Å²) in [5.41, 5.74) is 0. The van der Waals surface area contributed by atoms with Crippen LogP contribution in [0, 0.1) is 0 Å². The van der Waals surface area contributed by atoms with Crippen molar-refractivity contribution < 1.29 is 52.3 Å². The zero-order valence-corrected chi connectivity index (χ0v) is 39.0. The molecule has 0 saturated heterocycles. The van der Waals surface area contributed by atoms with E-state index in [1.54, 1.807) is 36.5 Å². The van der Waals surface area contributed by atoms with Crippen LogP contribution in [-0.2, 0) is 32.7 Å². The fourth-order valence-corrected chi connectivity index (χ4v) is 6.54. The first-order valence-corrected chi connectivity index (χ1v) is 24.4. The van der Waals surface area contributed by atoms with Crippen LogP contribution in [0.5, 0.6) is 0 Å². The molecule has 0 aliphatic rings. The van der Waals surface area contributed by atoms with Gasteiger partial charge >= 0.3 is 19.8 Å². The van der Waals surface area contributed by atoms with Crippen molar-refractivity contribution in [2.75, 3.05) is 47.5 Å². The van der Waals surface area contributed by atoms with E-state index in [4.69, 9.17) is 18.5 Å². The van der Waals surface area contributed by atoms with Crippen molar-refractivity contribution in [2.45, 2.75) is 173 Å². The average molecular weight is 867 g/mol. The largest absolute Gasteiger partial charge is 0.472 e. The smallest absolute Gasteiger partial charge is 0.462 e. The Morgan fingerprint density at radius 3 is 1.67 bits per heavy atom. The molecule has 11 nitrogen and oxygen atoms in total. The van der Waals surface area contributed by atoms with Gasteiger partial charge in [0.25, 0.3) is 0 Å². The third kappa shape index (κ3) is 42.1. The predicted octanol–water partition coefficient (Wildman–Crippen LogP) is 11.0. The number of phosphoric ester groups is 1. The van der Waals surface area contributed by atoms with Crippen LogP contribution >= 0.6 is 7.82 Å². The number of allylic oxidation sites excluding steroid dienone is 8. The SMILES string of the molecule is CC/C=C\C[C@@H](O)/C=C/C=C\C=C\[C@@H](O)C/C=C\C/C=C\CCC(=O)OC[C@H](COP(=O)(O)OCC[N+](C)(C)C)OC(=O)CCCCCCCCCCCCCCCCC. The van der Waals surface area contributed by atoms with E-state index in [1.165, 1.54) is 70.6 Å². The molecule has 1 unspecified atom stereocenters. The minimum Gasteiger partial charge on any atom is -0.462 e. The van der Waals surface area contributed by atoms with E-state index in [2.05, 4.69) is 13.8 Å². The Hall–Kier alpha value is -2.63. The Bertz CT molecular complexity index is 1290. The average Bonchev–Trinajstić information content (AvgIpc) is 3.19. The number of hydrogen-bond acceptors (Lipinski definition) is 9. The predicted molar refractivity (Wildman–Crippen MR) is 245 cm³/mol. The monoisotopic (exact) mass is 867 g/mol. The summed E-state index contributed by atoms with van der Waals surface area (Å²) < 4.78 is 34.2. The lowest BCUT2D eigenvalue weighted by Crippen LogP contribution is -2.37. The maximum absolute atomic E-state index is 12.7. The van der Waals surface area contributed by atoms with E-state index in [9.17, 15) is 29.3 Å². The highest BCUT2D eigenvalue weighted by Crippen LogP contribution is 2.43. The Morgan fingerprint density at radius 1 is 0.617 bits per heavy atom. The molecule has 0 heterocycles. The van der Waals surface area contributed by atoms with Gasteiger partial charge in [0.15, 0.2) is 6.10 Å². The molecule has 60 heavy (non-hydrogen) atoms. The first-order valence-electron chi connectivity index (χ1n) is 22.9. The van der Waals surface area contributed by atoms with Gasteiger partial charge in [0.1, 0.15) is 19.8 Å². The normalized spacial score (nSPS) is 15.3. The zero-order valence-electron chi connectivity index (χ0n) is 38.1. The minimum atomic E-state index is -4.42. The number of esters is 2. The number of nitrogens with zero attached hydrogens (tertiary/aromatic N) is 1. The summed E-state index contributed by atoms with van der Waals surface area (Å²) in [6.07, 6.45) is 41.7. The second-order valence-electron chi connectivity index (χ2n) is 16.5. The molecule has 0 rings (SSSR count). The van der Waals surface area contributed by atoms with E-state index in [0.29, 0.717) is 43.1 Å². The number of carbonyl (C=O) groups excluding carboxylic acids is 2. The van der Waals surface area contributed by atoms with Gasteiger partial charge in [0.2, 0.25) is 0 Å². The van der Waals surface area contributed by atoms with Crippen molar-refractivity contribution in [3.63, 3.8) is 0 Å². The number of ether oxygens (including phenoxy) is 2. The molecule has 0 radical (unpaired) electrons. The molecule has 12 heteroatoms. The van der Waals surface area contributed by atoms with Crippen LogP contribution in [0.15, 0.2) is 72.9 Å². The number of likely N-dealkylation sites (N-methyl/N-ethyl adjacent to an activating group) is 1. The number of carbonyl (C=O) groups is 2. The molecule has 0 aromatic heterocycles. The Morgan fingerprint density at radius 2 is 1.13 bits per heavy atom. The van der Waals surface area contributed by atoms with Gasteiger partial charge in [-0.3, -0.25) is 18.6 Å². The maximum atomic E-state index is 12.7. The topological polar surface area (TPSA) is 149 Å². The van der Waals surface area contributed by atoms with E-state index in [-0.39, 0.29) is 26.1 Å². The molecule has 0 aromatic rings. The molecule has 346 valence electrons. The van der Waals surface area contributed by atoms with Gasteiger partial charge in [-0.2, -0.15) is 0 Å². The Kier molecular flexibility index (Phi) is 37.5.